The first-order valence-electron chi connectivity index (χ1n) is 12.0. The normalized spacial score (nSPS) is 12.8. The molecule has 0 heterocycles. The third-order valence-electron chi connectivity index (χ3n) is 6.64. The maximum Gasteiger partial charge on any atom is 0.339 e. The van der Waals surface area contributed by atoms with Crippen molar-refractivity contribution in [3.63, 3.8) is 0 Å². The Morgan fingerprint density at radius 3 is 2.06 bits per heavy atom. The van der Waals surface area contributed by atoms with Crippen LogP contribution >= 0.6 is 0 Å². The van der Waals surface area contributed by atoms with Crippen LogP contribution in [0.15, 0.2) is 36.4 Å². The molecule has 2 aromatic carbocycles. The van der Waals surface area contributed by atoms with Crippen molar-refractivity contribution in [1.82, 2.24) is 0 Å². The Hall–Kier alpha value is -2.55. The van der Waals surface area contributed by atoms with E-state index in [1.54, 1.807) is 37.4 Å². The van der Waals surface area contributed by atoms with E-state index in [1.165, 1.54) is 7.11 Å². The quantitative estimate of drug-likeness (QED) is 0.247. The van der Waals surface area contributed by atoms with Gasteiger partial charge in [0.15, 0.2) is 12.5 Å². The van der Waals surface area contributed by atoms with Gasteiger partial charge in [0.2, 0.25) is 0 Å². The van der Waals surface area contributed by atoms with Gasteiger partial charge in [-0.15, -0.1) is 0 Å². The Balaban J connectivity index is 2.45. The highest BCUT2D eigenvalue weighted by Crippen LogP contribution is 2.45. The van der Waals surface area contributed by atoms with E-state index < -0.39 is 20.4 Å². The first-order valence-corrected chi connectivity index (χ1v) is 14.1. The molecule has 0 aromatic heterocycles. The van der Waals surface area contributed by atoms with E-state index in [-0.39, 0.29) is 24.5 Å². The molecule has 0 unspecified atom stereocenters. The molecule has 7 nitrogen and oxygen atoms in total. The lowest BCUT2D eigenvalue weighted by atomic mass is 9.96. The monoisotopic (exact) mass is 504 g/mol. The Morgan fingerprint density at radius 1 is 0.914 bits per heavy atom. The molecule has 0 spiro atoms. The van der Waals surface area contributed by atoms with Crippen molar-refractivity contribution in [2.24, 2.45) is 0 Å². The second-order valence-corrected chi connectivity index (χ2v) is 15.1. The van der Waals surface area contributed by atoms with E-state index in [0.29, 0.717) is 39.2 Å². The largest absolute Gasteiger partial charge is 0.540 e. The number of ether oxygens (including phenoxy) is 3. The molecule has 35 heavy (non-hydrogen) atoms. The molecule has 2 aromatic rings. The van der Waals surface area contributed by atoms with Crippen LogP contribution in [0.5, 0.6) is 17.2 Å². The molecule has 2 rings (SSSR count). The van der Waals surface area contributed by atoms with Gasteiger partial charge in [-0.2, -0.15) is 0 Å². The highest BCUT2D eigenvalue weighted by atomic mass is 28.4. The number of methoxy groups -OCH3 is 2. The molecule has 0 fully saturated rings. The number of hydrogen-bond donors (Lipinski definition) is 2. The first kappa shape index (κ1) is 28.7. The Morgan fingerprint density at radius 2 is 1.54 bits per heavy atom. The lowest BCUT2D eigenvalue weighted by Gasteiger charge is -2.42. The van der Waals surface area contributed by atoms with Crippen molar-refractivity contribution < 1.29 is 33.6 Å². The lowest BCUT2D eigenvalue weighted by Crippen LogP contribution is -2.50. The maximum atomic E-state index is 12.0. The molecule has 0 radical (unpaired) electrons. The average molecular weight is 505 g/mol. The van der Waals surface area contributed by atoms with Crippen LogP contribution in [0.3, 0.4) is 0 Å². The van der Waals surface area contributed by atoms with Crippen LogP contribution in [0.1, 0.15) is 69.1 Å². The predicted octanol–water partition coefficient (Wildman–Crippen LogP) is 6.21. The molecule has 0 aliphatic carbocycles. The van der Waals surface area contributed by atoms with Gasteiger partial charge in [-0.3, -0.25) is 0 Å². The summed E-state index contributed by atoms with van der Waals surface area (Å²) in [6, 6.07) is 10.4. The predicted molar refractivity (Wildman–Crippen MR) is 139 cm³/mol. The lowest BCUT2D eigenvalue weighted by molar-refractivity contribution is 0.0482. The Kier molecular flexibility index (Phi) is 10.2. The fourth-order valence-electron chi connectivity index (χ4n) is 5.08. The van der Waals surface area contributed by atoms with Crippen molar-refractivity contribution in [2.75, 3.05) is 21.0 Å². The smallest absolute Gasteiger partial charge is 0.339 e. The zero-order valence-electron chi connectivity index (χ0n) is 22.1. The number of aromatic carboxylic acids is 1. The van der Waals surface area contributed by atoms with E-state index in [9.17, 15) is 15.0 Å². The van der Waals surface area contributed by atoms with E-state index in [0.717, 1.165) is 0 Å². The number of carboxylic acid groups (broad SMARTS) is 1. The molecule has 0 saturated carbocycles. The summed E-state index contributed by atoms with van der Waals surface area (Å²) in [6.45, 7) is 13.2. The molecule has 194 valence electrons. The highest BCUT2D eigenvalue weighted by molar-refractivity contribution is 6.78. The average Bonchev–Trinajstić information content (AvgIpc) is 2.79. The Labute approximate surface area is 210 Å². The van der Waals surface area contributed by atoms with Crippen LogP contribution in [0.2, 0.25) is 16.6 Å². The van der Waals surface area contributed by atoms with Crippen molar-refractivity contribution in [1.29, 1.82) is 0 Å². The minimum Gasteiger partial charge on any atom is -0.540 e. The first-order chi connectivity index (χ1) is 16.5. The van der Waals surface area contributed by atoms with Crippen molar-refractivity contribution in [3.05, 3.63) is 53.1 Å². The highest BCUT2D eigenvalue weighted by Gasteiger charge is 2.47. The van der Waals surface area contributed by atoms with Gasteiger partial charge in [0.05, 0.1) is 13.2 Å². The molecule has 0 bridgehead atoms. The second kappa shape index (κ2) is 12.4. The summed E-state index contributed by atoms with van der Waals surface area (Å²) < 4.78 is 22.8. The fraction of sp³-hybridized carbons (Fsp3) is 0.519. The molecule has 0 aliphatic rings. The summed E-state index contributed by atoms with van der Waals surface area (Å²) in [7, 11) is 0.809. The SMILES string of the molecule is COCOc1cccc(C[C@@H](O)c2ccc(OC)c(O[Si](C(C)C)(C(C)C)C(C)C)c2)c1C(=O)O. The second-order valence-electron chi connectivity index (χ2n) is 9.70. The van der Waals surface area contributed by atoms with E-state index in [1.807, 2.05) is 6.07 Å². The fourth-order valence-corrected chi connectivity index (χ4v) is 10.3. The third kappa shape index (κ3) is 6.37. The zero-order valence-corrected chi connectivity index (χ0v) is 23.1. The van der Waals surface area contributed by atoms with Crippen LogP contribution in [0.25, 0.3) is 0 Å². The number of carbonyl (C=O) groups is 1. The standard InChI is InChI=1S/C27H40O7Si/c1-17(2)35(18(3)4,19(5)6)34-25-15-20(12-13-23(25)32-8)22(28)14-21-10-9-11-24(33-16-31-7)26(21)27(29)30/h9-13,15,17-19,22,28H,14,16H2,1-8H3,(H,29,30)/t22-/m1/s1. The van der Waals surface area contributed by atoms with Gasteiger partial charge < -0.3 is 28.8 Å². The van der Waals surface area contributed by atoms with Crippen LogP contribution < -0.4 is 13.9 Å². The topological polar surface area (TPSA) is 94.5 Å². The summed E-state index contributed by atoms with van der Waals surface area (Å²) in [5.41, 5.74) is 2.21. The number of rotatable bonds is 13. The molecule has 1 atom stereocenters. The van der Waals surface area contributed by atoms with E-state index >= 15 is 0 Å². The minimum absolute atomic E-state index is 0.0134. The van der Waals surface area contributed by atoms with E-state index in [4.69, 9.17) is 18.6 Å². The molecule has 2 N–H and O–H groups in total. The van der Waals surface area contributed by atoms with E-state index in [2.05, 4.69) is 41.5 Å². The summed E-state index contributed by atoms with van der Waals surface area (Å²) in [6.07, 6.45) is -0.856. The van der Waals surface area contributed by atoms with Crippen molar-refractivity contribution in [2.45, 2.75) is 70.7 Å². The third-order valence-corrected chi connectivity index (χ3v) is 12.6. The van der Waals surface area contributed by atoms with Gasteiger partial charge in [-0.1, -0.05) is 59.7 Å². The number of aliphatic hydroxyl groups excluding tert-OH is 1. The van der Waals surface area contributed by atoms with Crippen LogP contribution in [0, 0.1) is 0 Å². The summed E-state index contributed by atoms with van der Waals surface area (Å²) in [5.74, 6) is 0.298. The maximum absolute atomic E-state index is 12.0. The summed E-state index contributed by atoms with van der Waals surface area (Å²) >= 11 is 0. The van der Waals surface area contributed by atoms with Gasteiger partial charge in [-0.05, 0) is 45.9 Å². The Bertz CT molecular complexity index is 966. The van der Waals surface area contributed by atoms with Gasteiger partial charge in [-0.25, -0.2) is 4.79 Å². The number of carboxylic acids is 1. The molecular formula is C27H40O7Si. The number of aliphatic hydroxyl groups is 1. The van der Waals surface area contributed by atoms with Crippen LogP contribution in [0.4, 0.5) is 0 Å². The molecule has 0 amide bonds. The number of benzene rings is 2. The summed E-state index contributed by atoms with van der Waals surface area (Å²) in [4.78, 5) is 12.0. The molecule has 8 heteroatoms. The minimum atomic E-state index is -2.26. The van der Waals surface area contributed by atoms with Crippen molar-refractivity contribution in [3.8, 4) is 17.2 Å². The van der Waals surface area contributed by atoms with Gasteiger partial charge >= 0.3 is 5.97 Å². The van der Waals surface area contributed by atoms with Crippen LogP contribution in [-0.4, -0.2) is 45.5 Å². The molecule has 0 saturated heterocycles. The molecular weight excluding hydrogens is 464 g/mol. The molecule has 0 aliphatic heterocycles. The van der Waals surface area contributed by atoms with Crippen LogP contribution in [-0.2, 0) is 11.2 Å². The number of hydrogen-bond acceptors (Lipinski definition) is 6. The van der Waals surface area contributed by atoms with Gasteiger partial charge in [0.1, 0.15) is 17.1 Å². The van der Waals surface area contributed by atoms with Crippen molar-refractivity contribution >= 4 is 14.3 Å². The van der Waals surface area contributed by atoms with Gasteiger partial charge in [0.25, 0.3) is 8.32 Å². The zero-order chi connectivity index (χ0) is 26.3. The van der Waals surface area contributed by atoms with Gasteiger partial charge in [0, 0.05) is 13.5 Å². The summed E-state index contributed by atoms with van der Waals surface area (Å²) in [5, 5.41) is 20.9.